The zero-order chi connectivity index (χ0) is 24.5. The molecule has 33 heavy (non-hydrogen) atoms. The number of carbonyl (C=O) groups excluding carboxylic acids is 4. The third-order valence-corrected chi connectivity index (χ3v) is 6.07. The Morgan fingerprint density at radius 3 is 2.52 bits per heavy atom. The number of hydrogen-bond acceptors (Lipinski definition) is 4. The van der Waals surface area contributed by atoms with E-state index in [0.29, 0.717) is 36.5 Å². The first kappa shape index (κ1) is 26.4. The number of nitrogens with zero attached hydrogens (tertiary/aromatic N) is 2. The minimum Gasteiger partial charge on any atom is -0.350 e. The van der Waals surface area contributed by atoms with Crippen molar-refractivity contribution in [1.82, 2.24) is 20.4 Å². The van der Waals surface area contributed by atoms with Crippen LogP contribution in [0.3, 0.4) is 0 Å². The van der Waals surface area contributed by atoms with Gasteiger partial charge in [-0.1, -0.05) is 43.7 Å². The highest BCUT2D eigenvalue weighted by atomic mass is 35.5. The van der Waals surface area contributed by atoms with E-state index in [1.807, 2.05) is 26.0 Å². The van der Waals surface area contributed by atoms with Gasteiger partial charge in [-0.15, -0.1) is 0 Å². The van der Waals surface area contributed by atoms with Crippen LogP contribution in [0.15, 0.2) is 35.9 Å². The number of likely N-dealkylation sites (N-methyl/N-ethyl adjacent to an activating group) is 1. The summed E-state index contributed by atoms with van der Waals surface area (Å²) in [6.07, 6.45) is 3.61. The van der Waals surface area contributed by atoms with Gasteiger partial charge in [-0.3, -0.25) is 19.2 Å². The highest BCUT2D eigenvalue weighted by molar-refractivity contribution is 6.30. The number of carbonyl (C=O) groups is 4. The summed E-state index contributed by atoms with van der Waals surface area (Å²) in [4.78, 5) is 52.0. The fourth-order valence-corrected chi connectivity index (χ4v) is 4.04. The van der Waals surface area contributed by atoms with Crippen molar-refractivity contribution in [2.45, 2.75) is 52.2 Å². The van der Waals surface area contributed by atoms with Crippen LogP contribution in [0.2, 0.25) is 5.02 Å². The predicted molar refractivity (Wildman–Crippen MR) is 127 cm³/mol. The summed E-state index contributed by atoms with van der Waals surface area (Å²) in [5, 5.41) is 5.91. The van der Waals surface area contributed by atoms with Gasteiger partial charge in [-0.05, 0) is 43.4 Å². The van der Waals surface area contributed by atoms with Crippen molar-refractivity contribution in [2.24, 2.45) is 5.92 Å². The van der Waals surface area contributed by atoms with Gasteiger partial charge in [0.2, 0.25) is 24.1 Å². The summed E-state index contributed by atoms with van der Waals surface area (Å²) in [6, 6.07) is 6.38. The largest absolute Gasteiger partial charge is 0.350 e. The second-order valence-electron chi connectivity index (χ2n) is 8.59. The number of rotatable bonds is 10. The number of benzene rings is 1. The van der Waals surface area contributed by atoms with Crippen molar-refractivity contribution < 1.29 is 19.2 Å². The molecule has 1 saturated heterocycles. The Labute approximate surface area is 200 Å². The number of likely N-dealkylation sites (tertiary alicyclic amines) is 1. The summed E-state index contributed by atoms with van der Waals surface area (Å²) >= 11 is 5.90. The van der Waals surface area contributed by atoms with Crippen molar-refractivity contribution in [3.8, 4) is 0 Å². The molecule has 0 bridgehead atoms. The van der Waals surface area contributed by atoms with Crippen molar-refractivity contribution in [3.63, 3.8) is 0 Å². The maximum Gasteiger partial charge on any atom is 0.249 e. The molecule has 0 aliphatic carbocycles. The van der Waals surface area contributed by atoms with Gasteiger partial charge in [0.1, 0.15) is 6.04 Å². The Morgan fingerprint density at radius 1 is 1.24 bits per heavy atom. The molecule has 1 heterocycles. The molecule has 1 aliphatic rings. The Kier molecular flexibility index (Phi) is 9.91. The van der Waals surface area contributed by atoms with Gasteiger partial charge in [-0.2, -0.15) is 0 Å². The van der Waals surface area contributed by atoms with Gasteiger partial charge < -0.3 is 20.4 Å². The Bertz CT molecular complexity index is 885. The zero-order valence-electron chi connectivity index (χ0n) is 19.6. The number of amides is 4. The van der Waals surface area contributed by atoms with Crippen LogP contribution in [-0.4, -0.2) is 66.2 Å². The maximum atomic E-state index is 13.2. The summed E-state index contributed by atoms with van der Waals surface area (Å²) in [5.74, 6) is -0.596. The van der Waals surface area contributed by atoms with E-state index < -0.39 is 6.04 Å². The fourth-order valence-electron chi connectivity index (χ4n) is 3.92. The summed E-state index contributed by atoms with van der Waals surface area (Å²) in [5.41, 5.74) is 1.41. The van der Waals surface area contributed by atoms with E-state index in [9.17, 15) is 19.2 Å². The highest BCUT2D eigenvalue weighted by Gasteiger charge is 2.35. The molecule has 8 nitrogen and oxygen atoms in total. The van der Waals surface area contributed by atoms with E-state index in [2.05, 4.69) is 10.6 Å². The molecule has 180 valence electrons. The number of hydrogen-bond donors (Lipinski definition) is 2. The SMILES string of the molecule is CC(=C[C@H](C(C)C)N(C)C(=O)CNC=O)C(=O)N1CCCC1C(=O)NCc1ccc(Cl)cc1. The third kappa shape index (κ3) is 7.32. The molecule has 1 unspecified atom stereocenters. The molecule has 4 amide bonds. The van der Waals surface area contributed by atoms with Crippen LogP contribution in [0.25, 0.3) is 0 Å². The number of nitrogens with one attached hydrogen (secondary N) is 2. The second kappa shape index (κ2) is 12.4. The molecular formula is C24H33ClN4O4. The topological polar surface area (TPSA) is 98.8 Å². The lowest BCUT2D eigenvalue weighted by Crippen LogP contribution is -2.47. The highest BCUT2D eigenvalue weighted by Crippen LogP contribution is 2.22. The number of halogens is 1. The summed E-state index contributed by atoms with van der Waals surface area (Å²) in [7, 11) is 1.65. The first-order valence-corrected chi connectivity index (χ1v) is 11.5. The van der Waals surface area contributed by atoms with Crippen molar-refractivity contribution >= 4 is 35.7 Å². The van der Waals surface area contributed by atoms with E-state index in [-0.39, 0.29) is 36.2 Å². The van der Waals surface area contributed by atoms with E-state index >= 15 is 0 Å². The van der Waals surface area contributed by atoms with Crippen LogP contribution < -0.4 is 10.6 Å². The Balaban J connectivity index is 2.07. The Morgan fingerprint density at radius 2 is 1.91 bits per heavy atom. The minimum atomic E-state index is -0.526. The molecule has 2 atom stereocenters. The third-order valence-electron chi connectivity index (χ3n) is 5.81. The van der Waals surface area contributed by atoms with Gasteiger partial charge >= 0.3 is 0 Å². The average molecular weight is 477 g/mol. The normalized spacial score (nSPS) is 17.0. The van der Waals surface area contributed by atoms with Crippen LogP contribution in [0.1, 0.15) is 39.2 Å². The zero-order valence-corrected chi connectivity index (χ0v) is 20.4. The van der Waals surface area contributed by atoms with Crippen molar-refractivity contribution in [2.75, 3.05) is 20.1 Å². The van der Waals surface area contributed by atoms with Gasteiger partial charge in [0.25, 0.3) is 0 Å². The lowest BCUT2D eigenvalue weighted by Gasteiger charge is -2.30. The first-order valence-electron chi connectivity index (χ1n) is 11.1. The Hall–Kier alpha value is -2.87. The average Bonchev–Trinajstić information content (AvgIpc) is 3.29. The lowest BCUT2D eigenvalue weighted by molar-refractivity contribution is -0.135. The smallest absolute Gasteiger partial charge is 0.249 e. The van der Waals surface area contributed by atoms with Crippen LogP contribution >= 0.6 is 11.6 Å². The van der Waals surface area contributed by atoms with Crippen molar-refractivity contribution in [3.05, 3.63) is 46.5 Å². The van der Waals surface area contributed by atoms with Crippen LogP contribution in [0.4, 0.5) is 0 Å². The van der Waals surface area contributed by atoms with Crippen LogP contribution in [0.5, 0.6) is 0 Å². The molecule has 0 radical (unpaired) electrons. The van der Waals surface area contributed by atoms with Gasteiger partial charge in [0, 0.05) is 30.7 Å². The molecule has 9 heteroatoms. The van der Waals surface area contributed by atoms with Gasteiger partial charge in [0.05, 0.1) is 12.6 Å². The molecule has 1 fully saturated rings. The van der Waals surface area contributed by atoms with Gasteiger partial charge in [0.15, 0.2) is 0 Å². The maximum absolute atomic E-state index is 13.2. The molecule has 1 aromatic rings. The van der Waals surface area contributed by atoms with E-state index in [4.69, 9.17) is 11.6 Å². The standard InChI is InChI=1S/C24H33ClN4O4/c1-16(2)21(28(4)22(31)14-26-15-30)12-17(3)24(33)29-11-5-6-20(29)23(32)27-13-18-7-9-19(25)10-8-18/h7-10,12,15-16,20-21H,5-6,11,13-14H2,1-4H3,(H,26,30)(H,27,32)/t20?,21-/m1/s1. The molecule has 2 N–H and O–H groups in total. The molecule has 0 spiro atoms. The van der Waals surface area contributed by atoms with Gasteiger partial charge in [-0.25, -0.2) is 0 Å². The predicted octanol–water partition coefficient (Wildman–Crippen LogP) is 2.12. The summed E-state index contributed by atoms with van der Waals surface area (Å²) < 4.78 is 0. The molecule has 2 rings (SSSR count). The van der Waals surface area contributed by atoms with Crippen LogP contribution in [0, 0.1) is 5.92 Å². The van der Waals surface area contributed by atoms with E-state index in [0.717, 1.165) is 12.0 Å². The quantitative estimate of drug-likeness (QED) is 0.399. The van der Waals surface area contributed by atoms with E-state index in [1.54, 1.807) is 37.1 Å². The molecular weight excluding hydrogens is 444 g/mol. The van der Waals surface area contributed by atoms with Crippen LogP contribution in [-0.2, 0) is 25.7 Å². The molecule has 0 aromatic heterocycles. The van der Waals surface area contributed by atoms with Crippen molar-refractivity contribution in [1.29, 1.82) is 0 Å². The second-order valence-corrected chi connectivity index (χ2v) is 9.02. The summed E-state index contributed by atoms with van der Waals surface area (Å²) in [6.45, 7) is 6.39. The molecule has 1 aliphatic heterocycles. The minimum absolute atomic E-state index is 0.0509. The first-order chi connectivity index (χ1) is 15.6. The lowest BCUT2D eigenvalue weighted by atomic mass is 9.99. The van der Waals surface area contributed by atoms with E-state index in [1.165, 1.54) is 4.90 Å². The molecule has 0 saturated carbocycles. The monoisotopic (exact) mass is 476 g/mol. The fraction of sp³-hybridized carbons (Fsp3) is 0.500. The molecule has 1 aromatic carbocycles.